The predicted molar refractivity (Wildman–Crippen MR) is 43.7 cm³/mol. The molecule has 2 unspecified atom stereocenters. The summed E-state index contributed by atoms with van der Waals surface area (Å²) in [5.41, 5.74) is -0.443. The molecular formula is C9H14O. The largest absolute Gasteiger partial charge is 0.302 e. The van der Waals surface area contributed by atoms with Gasteiger partial charge in [-0.15, -0.1) is 13.2 Å². The van der Waals surface area contributed by atoms with Crippen LogP contribution in [0.3, 0.4) is 0 Å². The quantitative estimate of drug-likeness (QED) is 0.430. The van der Waals surface area contributed by atoms with Crippen LogP contribution in [0.1, 0.15) is 13.8 Å². The fourth-order valence-electron chi connectivity index (χ4n) is 0.595. The normalized spacial score (nSPS) is 18.6. The van der Waals surface area contributed by atoms with Gasteiger partial charge in [0.1, 0.15) is 6.29 Å². The number of allylic oxidation sites excluding steroid dienone is 2. The van der Waals surface area contributed by atoms with Gasteiger partial charge in [-0.3, -0.25) is 0 Å². The predicted octanol–water partition coefficient (Wildman–Crippen LogP) is 2.20. The molecule has 0 aromatic rings. The summed E-state index contributed by atoms with van der Waals surface area (Å²) in [6.45, 7) is 11.0. The van der Waals surface area contributed by atoms with Crippen LogP contribution in [0, 0.1) is 11.3 Å². The maximum Gasteiger partial charge on any atom is 0.130 e. The van der Waals surface area contributed by atoms with E-state index in [4.69, 9.17) is 0 Å². The number of rotatable bonds is 4. The molecule has 0 aliphatic rings. The number of carbonyl (C=O) groups excluding carboxylic acids is 1. The van der Waals surface area contributed by atoms with Crippen molar-refractivity contribution in [3.05, 3.63) is 25.3 Å². The topological polar surface area (TPSA) is 17.1 Å². The van der Waals surface area contributed by atoms with Crippen molar-refractivity contribution in [1.29, 1.82) is 0 Å². The lowest BCUT2D eigenvalue weighted by Gasteiger charge is -2.22. The van der Waals surface area contributed by atoms with Crippen LogP contribution in [0.4, 0.5) is 0 Å². The molecular weight excluding hydrogens is 124 g/mol. The van der Waals surface area contributed by atoms with Crippen molar-refractivity contribution in [3.8, 4) is 0 Å². The summed E-state index contributed by atoms with van der Waals surface area (Å²) in [5.74, 6) is 0.155. The van der Waals surface area contributed by atoms with E-state index in [-0.39, 0.29) is 5.92 Å². The Kier molecular flexibility index (Phi) is 3.07. The molecule has 0 radical (unpaired) electrons. The molecule has 0 aromatic carbocycles. The first kappa shape index (κ1) is 9.15. The highest BCUT2D eigenvalue weighted by molar-refractivity contribution is 5.62. The molecule has 0 aliphatic heterocycles. The van der Waals surface area contributed by atoms with Gasteiger partial charge >= 0.3 is 0 Å². The van der Waals surface area contributed by atoms with Crippen LogP contribution < -0.4 is 0 Å². The molecule has 0 saturated carbocycles. The van der Waals surface area contributed by atoms with Crippen LogP contribution in [-0.2, 0) is 4.79 Å². The third-order valence-electron chi connectivity index (χ3n) is 2.03. The van der Waals surface area contributed by atoms with Gasteiger partial charge in [-0.25, -0.2) is 0 Å². The van der Waals surface area contributed by atoms with Crippen LogP contribution >= 0.6 is 0 Å². The Morgan fingerprint density at radius 3 is 2.10 bits per heavy atom. The van der Waals surface area contributed by atoms with E-state index >= 15 is 0 Å². The minimum atomic E-state index is -0.443. The van der Waals surface area contributed by atoms with Crippen molar-refractivity contribution in [2.45, 2.75) is 13.8 Å². The Bertz CT molecular complexity index is 139. The summed E-state index contributed by atoms with van der Waals surface area (Å²) in [6.07, 6.45) is 4.33. The molecule has 0 amide bonds. The van der Waals surface area contributed by atoms with E-state index < -0.39 is 5.41 Å². The summed E-state index contributed by atoms with van der Waals surface area (Å²) in [7, 11) is 0. The molecule has 1 heteroatoms. The smallest absolute Gasteiger partial charge is 0.130 e. The zero-order valence-corrected chi connectivity index (χ0v) is 6.63. The third kappa shape index (κ3) is 1.56. The Labute approximate surface area is 62.4 Å². The zero-order valence-electron chi connectivity index (χ0n) is 6.63. The number of hydrogen-bond donors (Lipinski definition) is 0. The lowest BCUT2D eigenvalue weighted by Crippen LogP contribution is -2.22. The average Bonchev–Trinajstić information content (AvgIpc) is 2.01. The minimum absolute atomic E-state index is 0.155. The van der Waals surface area contributed by atoms with E-state index in [1.165, 1.54) is 0 Å². The number of carbonyl (C=O) groups is 1. The van der Waals surface area contributed by atoms with Crippen molar-refractivity contribution in [2.75, 3.05) is 0 Å². The standard InChI is InChI=1S/C9H14O/c1-5-8(3)9(4,6-2)7-10/h5-8H,1-2H2,3-4H3. The lowest BCUT2D eigenvalue weighted by atomic mass is 9.80. The third-order valence-corrected chi connectivity index (χ3v) is 2.03. The summed E-state index contributed by atoms with van der Waals surface area (Å²) in [5, 5.41) is 0. The molecule has 0 heterocycles. The van der Waals surface area contributed by atoms with Gasteiger partial charge in [-0.05, 0) is 12.8 Å². The molecule has 0 saturated heterocycles. The SMILES string of the molecule is C=CC(C)C(C)(C=C)C=O. The summed E-state index contributed by atoms with van der Waals surface area (Å²) in [6, 6.07) is 0. The van der Waals surface area contributed by atoms with E-state index in [1.807, 2.05) is 13.8 Å². The van der Waals surface area contributed by atoms with E-state index in [0.29, 0.717) is 0 Å². The van der Waals surface area contributed by atoms with Crippen molar-refractivity contribution < 1.29 is 4.79 Å². The van der Waals surface area contributed by atoms with Gasteiger partial charge in [-0.1, -0.05) is 19.1 Å². The Morgan fingerprint density at radius 2 is 2.00 bits per heavy atom. The highest BCUT2D eigenvalue weighted by Gasteiger charge is 2.24. The maximum absolute atomic E-state index is 10.5. The second-order valence-corrected chi connectivity index (χ2v) is 2.71. The van der Waals surface area contributed by atoms with Gasteiger partial charge in [0.25, 0.3) is 0 Å². The van der Waals surface area contributed by atoms with Crippen LogP contribution in [-0.4, -0.2) is 6.29 Å². The van der Waals surface area contributed by atoms with Crippen LogP contribution in [0.25, 0.3) is 0 Å². The molecule has 0 spiro atoms. The number of hydrogen-bond acceptors (Lipinski definition) is 1. The van der Waals surface area contributed by atoms with Gasteiger partial charge in [0.05, 0.1) is 0 Å². The van der Waals surface area contributed by atoms with E-state index in [1.54, 1.807) is 12.2 Å². The summed E-state index contributed by atoms with van der Waals surface area (Å²) < 4.78 is 0. The van der Waals surface area contributed by atoms with Crippen molar-refractivity contribution in [3.63, 3.8) is 0 Å². The molecule has 0 fully saturated rings. The second kappa shape index (κ2) is 3.35. The van der Waals surface area contributed by atoms with Gasteiger partial charge < -0.3 is 4.79 Å². The molecule has 1 nitrogen and oxygen atoms in total. The molecule has 0 N–H and O–H groups in total. The van der Waals surface area contributed by atoms with Gasteiger partial charge in [-0.2, -0.15) is 0 Å². The highest BCUT2D eigenvalue weighted by atomic mass is 16.1. The minimum Gasteiger partial charge on any atom is -0.302 e. The Balaban J connectivity index is 4.45. The first-order valence-corrected chi connectivity index (χ1v) is 3.33. The summed E-state index contributed by atoms with van der Waals surface area (Å²) >= 11 is 0. The number of aldehydes is 1. The lowest BCUT2D eigenvalue weighted by molar-refractivity contribution is -0.114. The first-order chi connectivity index (χ1) is 4.60. The van der Waals surface area contributed by atoms with E-state index in [2.05, 4.69) is 13.2 Å². The fourth-order valence-corrected chi connectivity index (χ4v) is 0.595. The van der Waals surface area contributed by atoms with Gasteiger partial charge in [0, 0.05) is 5.41 Å². The van der Waals surface area contributed by atoms with Gasteiger partial charge in [0.15, 0.2) is 0 Å². The Morgan fingerprint density at radius 1 is 1.50 bits per heavy atom. The molecule has 10 heavy (non-hydrogen) atoms. The van der Waals surface area contributed by atoms with Crippen molar-refractivity contribution >= 4 is 6.29 Å². The van der Waals surface area contributed by atoms with Gasteiger partial charge in [0.2, 0.25) is 0 Å². The Hall–Kier alpha value is -0.850. The van der Waals surface area contributed by atoms with E-state index in [0.717, 1.165) is 6.29 Å². The first-order valence-electron chi connectivity index (χ1n) is 3.33. The van der Waals surface area contributed by atoms with E-state index in [9.17, 15) is 4.79 Å². The molecule has 56 valence electrons. The highest BCUT2D eigenvalue weighted by Crippen LogP contribution is 2.26. The van der Waals surface area contributed by atoms with Crippen LogP contribution in [0.15, 0.2) is 25.3 Å². The van der Waals surface area contributed by atoms with Crippen molar-refractivity contribution in [1.82, 2.24) is 0 Å². The molecule has 0 aliphatic carbocycles. The van der Waals surface area contributed by atoms with Crippen LogP contribution in [0.2, 0.25) is 0 Å². The molecule has 0 bridgehead atoms. The molecule has 0 rings (SSSR count). The average molecular weight is 138 g/mol. The van der Waals surface area contributed by atoms with Crippen LogP contribution in [0.5, 0.6) is 0 Å². The zero-order chi connectivity index (χ0) is 8.20. The molecule has 2 atom stereocenters. The maximum atomic E-state index is 10.5. The fraction of sp³-hybridized carbons (Fsp3) is 0.444. The molecule has 0 aromatic heterocycles. The second-order valence-electron chi connectivity index (χ2n) is 2.71. The van der Waals surface area contributed by atoms with Crippen molar-refractivity contribution in [2.24, 2.45) is 11.3 Å². The summed E-state index contributed by atoms with van der Waals surface area (Å²) in [4.78, 5) is 10.5. The monoisotopic (exact) mass is 138 g/mol.